The van der Waals surface area contributed by atoms with Crippen molar-refractivity contribution >= 4 is 9.84 Å². The lowest BCUT2D eigenvalue weighted by atomic mass is 10.4. The molecule has 59 valence electrons. The van der Waals surface area contributed by atoms with Gasteiger partial charge in [0.25, 0.3) is 0 Å². The summed E-state index contributed by atoms with van der Waals surface area (Å²) in [4.78, 5) is 0.0926. The Balaban J connectivity index is 3.14. The van der Waals surface area contributed by atoms with E-state index in [9.17, 15) is 13.5 Å². The maximum atomic E-state index is 10.9. The predicted molar refractivity (Wildman–Crippen MR) is 39.2 cm³/mol. The molecule has 4 heteroatoms. The van der Waals surface area contributed by atoms with E-state index in [1.807, 2.05) is 0 Å². The Kier molecular flexibility index (Phi) is 2.26. The molecule has 0 aromatic heterocycles. The highest BCUT2D eigenvalue weighted by molar-refractivity contribution is 7.91. The van der Waals surface area contributed by atoms with Crippen molar-refractivity contribution in [3.63, 3.8) is 0 Å². The first-order chi connectivity index (χ1) is 5.17. The van der Waals surface area contributed by atoms with Gasteiger partial charge in [0.05, 0.1) is 4.90 Å². The molecule has 0 saturated carbocycles. The average Bonchev–Trinajstić information content (AvgIpc) is 2.06. The number of benzene rings is 1. The fourth-order valence-electron chi connectivity index (χ4n) is 0.696. The molecule has 0 unspecified atom stereocenters. The summed E-state index contributed by atoms with van der Waals surface area (Å²) in [6.07, 6.45) is 0. The maximum Gasteiger partial charge on any atom is 0.205 e. The standard InChI is InChI=1S/C7H7O3S/c8-6-11(9,10)7-4-2-1-3-5-7/h1-5H,6H2. The van der Waals surface area contributed by atoms with Gasteiger partial charge < -0.3 is 0 Å². The van der Waals surface area contributed by atoms with Crippen molar-refractivity contribution in [2.75, 3.05) is 5.94 Å². The molecule has 0 bridgehead atoms. The van der Waals surface area contributed by atoms with Gasteiger partial charge in [-0.2, -0.15) is 0 Å². The molecule has 0 fully saturated rings. The topological polar surface area (TPSA) is 54.0 Å². The van der Waals surface area contributed by atoms with Gasteiger partial charge in [-0.25, -0.2) is 13.5 Å². The third-order valence-electron chi connectivity index (χ3n) is 1.26. The van der Waals surface area contributed by atoms with Crippen molar-refractivity contribution in [2.24, 2.45) is 0 Å². The summed E-state index contributed by atoms with van der Waals surface area (Å²) in [6, 6.07) is 7.69. The SMILES string of the molecule is [O]CS(=O)(=O)c1ccccc1. The van der Waals surface area contributed by atoms with E-state index in [1.54, 1.807) is 18.2 Å². The normalized spacial score (nSPS) is 11.4. The fraction of sp³-hybridized carbons (Fsp3) is 0.143. The van der Waals surface area contributed by atoms with E-state index in [0.717, 1.165) is 0 Å². The lowest BCUT2D eigenvalue weighted by Gasteiger charge is -1.96. The van der Waals surface area contributed by atoms with Crippen molar-refractivity contribution in [1.82, 2.24) is 0 Å². The molecule has 0 atom stereocenters. The third kappa shape index (κ3) is 1.78. The Labute approximate surface area is 65.2 Å². The van der Waals surface area contributed by atoms with E-state index in [-0.39, 0.29) is 4.90 Å². The Bertz CT molecular complexity index is 315. The van der Waals surface area contributed by atoms with Gasteiger partial charge in [-0.3, -0.25) is 0 Å². The number of rotatable bonds is 2. The van der Waals surface area contributed by atoms with Gasteiger partial charge in [0, 0.05) is 0 Å². The van der Waals surface area contributed by atoms with Gasteiger partial charge in [-0.1, -0.05) is 18.2 Å². The van der Waals surface area contributed by atoms with Gasteiger partial charge in [0.15, 0.2) is 5.94 Å². The summed E-state index contributed by atoms with van der Waals surface area (Å²) in [5.74, 6) is -1.09. The molecular weight excluding hydrogens is 164 g/mol. The summed E-state index contributed by atoms with van der Waals surface area (Å²) in [5.41, 5.74) is 0. The van der Waals surface area contributed by atoms with Crippen molar-refractivity contribution in [2.45, 2.75) is 4.90 Å². The van der Waals surface area contributed by atoms with E-state index in [4.69, 9.17) is 0 Å². The van der Waals surface area contributed by atoms with Crippen LogP contribution in [0.4, 0.5) is 0 Å². The highest BCUT2D eigenvalue weighted by atomic mass is 32.2. The minimum absolute atomic E-state index is 0.0926. The number of hydrogen-bond donors (Lipinski definition) is 0. The highest BCUT2D eigenvalue weighted by Crippen LogP contribution is 2.08. The van der Waals surface area contributed by atoms with Crippen LogP contribution in [0.3, 0.4) is 0 Å². The van der Waals surface area contributed by atoms with Crippen molar-refractivity contribution in [3.8, 4) is 0 Å². The molecule has 0 aliphatic heterocycles. The molecule has 1 rings (SSSR count). The van der Waals surface area contributed by atoms with Gasteiger partial charge in [0.2, 0.25) is 9.84 Å². The summed E-state index contributed by atoms with van der Waals surface area (Å²) in [5, 5.41) is 10.2. The lowest BCUT2D eigenvalue weighted by Crippen LogP contribution is -2.03. The Morgan fingerprint density at radius 1 is 1.09 bits per heavy atom. The molecule has 0 saturated heterocycles. The molecule has 3 nitrogen and oxygen atoms in total. The quantitative estimate of drug-likeness (QED) is 0.662. The number of sulfone groups is 1. The van der Waals surface area contributed by atoms with Crippen LogP contribution in [0.5, 0.6) is 0 Å². The Hall–Kier alpha value is -0.870. The molecule has 0 heterocycles. The summed E-state index contributed by atoms with van der Waals surface area (Å²) < 4.78 is 21.8. The van der Waals surface area contributed by atoms with E-state index >= 15 is 0 Å². The number of hydrogen-bond acceptors (Lipinski definition) is 2. The molecular formula is C7H7O3S. The highest BCUT2D eigenvalue weighted by Gasteiger charge is 2.11. The first-order valence-corrected chi connectivity index (χ1v) is 4.68. The lowest BCUT2D eigenvalue weighted by molar-refractivity contribution is 0.250. The van der Waals surface area contributed by atoms with Crippen LogP contribution >= 0.6 is 0 Å². The molecule has 11 heavy (non-hydrogen) atoms. The molecule has 0 aliphatic rings. The largest absolute Gasteiger partial charge is 0.221 e. The van der Waals surface area contributed by atoms with Crippen LogP contribution in [-0.4, -0.2) is 14.4 Å². The first kappa shape index (κ1) is 8.23. The Morgan fingerprint density at radius 3 is 2.09 bits per heavy atom. The minimum atomic E-state index is -3.55. The van der Waals surface area contributed by atoms with Crippen LogP contribution in [0.2, 0.25) is 0 Å². The molecule has 1 aromatic carbocycles. The van der Waals surface area contributed by atoms with E-state index in [2.05, 4.69) is 0 Å². The van der Waals surface area contributed by atoms with Crippen LogP contribution in [-0.2, 0) is 14.9 Å². The van der Waals surface area contributed by atoms with Crippen LogP contribution in [0.1, 0.15) is 0 Å². The predicted octanol–water partition coefficient (Wildman–Crippen LogP) is 0.848. The fourth-order valence-corrected chi connectivity index (χ4v) is 1.40. The van der Waals surface area contributed by atoms with E-state index < -0.39 is 15.8 Å². The summed E-state index contributed by atoms with van der Waals surface area (Å²) >= 11 is 0. The maximum absolute atomic E-state index is 10.9. The van der Waals surface area contributed by atoms with Crippen LogP contribution in [0, 0.1) is 0 Å². The first-order valence-electron chi connectivity index (χ1n) is 3.03. The van der Waals surface area contributed by atoms with Crippen LogP contribution in [0.25, 0.3) is 0 Å². The van der Waals surface area contributed by atoms with Gasteiger partial charge >= 0.3 is 0 Å². The second kappa shape index (κ2) is 3.02. The zero-order valence-corrected chi connectivity index (χ0v) is 6.54. The minimum Gasteiger partial charge on any atom is -0.221 e. The third-order valence-corrected chi connectivity index (χ3v) is 2.56. The smallest absolute Gasteiger partial charge is 0.205 e. The van der Waals surface area contributed by atoms with Crippen molar-refractivity contribution in [3.05, 3.63) is 30.3 Å². The second-order valence-corrected chi connectivity index (χ2v) is 3.98. The molecule has 1 aromatic rings. The molecule has 0 amide bonds. The van der Waals surface area contributed by atoms with Gasteiger partial charge in [-0.15, -0.1) is 0 Å². The van der Waals surface area contributed by atoms with Crippen molar-refractivity contribution < 1.29 is 13.5 Å². The van der Waals surface area contributed by atoms with Crippen LogP contribution < -0.4 is 0 Å². The molecule has 1 radical (unpaired) electrons. The van der Waals surface area contributed by atoms with E-state index in [1.165, 1.54) is 12.1 Å². The summed E-state index contributed by atoms with van der Waals surface area (Å²) in [7, 11) is -3.55. The summed E-state index contributed by atoms with van der Waals surface area (Å²) in [6.45, 7) is 0. The molecule has 0 aliphatic carbocycles. The van der Waals surface area contributed by atoms with Gasteiger partial charge in [0.1, 0.15) is 0 Å². The second-order valence-electron chi connectivity index (χ2n) is 2.05. The van der Waals surface area contributed by atoms with Crippen molar-refractivity contribution in [1.29, 1.82) is 0 Å². The van der Waals surface area contributed by atoms with Crippen LogP contribution in [0.15, 0.2) is 35.2 Å². The van der Waals surface area contributed by atoms with E-state index in [0.29, 0.717) is 0 Å². The zero-order chi connectivity index (χ0) is 8.32. The average molecular weight is 171 g/mol. The molecule has 0 N–H and O–H groups in total. The monoisotopic (exact) mass is 171 g/mol. The van der Waals surface area contributed by atoms with Gasteiger partial charge in [-0.05, 0) is 12.1 Å². The Morgan fingerprint density at radius 2 is 1.64 bits per heavy atom. The molecule has 0 spiro atoms. The zero-order valence-electron chi connectivity index (χ0n) is 5.73.